The molecule has 0 saturated carbocycles. The van der Waals surface area contributed by atoms with E-state index < -0.39 is 29.5 Å². The predicted molar refractivity (Wildman–Crippen MR) is 73.7 cm³/mol. The van der Waals surface area contributed by atoms with E-state index in [9.17, 15) is 18.0 Å². The number of carbonyl (C=O) groups is 1. The van der Waals surface area contributed by atoms with E-state index in [4.69, 9.17) is 0 Å². The fourth-order valence-corrected chi connectivity index (χ4v) is 2.15. The van der Waals surface area contributed by atoms with Crippen LogP contribution in [0.3, 0.4) is 0 Å². The number of likely N-dealkylation sites (N-methyl/N-ethyl adjacent to an activating group) is 1. The minimum atomic E-state index is -1.58. The average molecular weight is 328 g/mol. The number of aromatic nitrogens is 3. The second-order valence-electron chi connectivity index (χ2n) is 4.86. The Morgan fingerprint density at radius 3 is 2.52 bits per heavy atom. The van der Waals surface area contributed by atoms with Crippen LogP contribution in [0.1, 0.15) is 11.6 Å². The van der Waals surface area contributed by atoms with E-state index in [0.29, 0.717) is 13.1 Å². The number of benzene rings is 1. The van der Waals surface area contributed by atoms with Gasteiger partial charge in [-0.05, 0) is 24.7 Å². The van der Waals surface area contributed by atoms with E-state index in [1.807, 2.05) is 0 Å². The first-order valence-electron chi connectivity index (χ1n) is 6.69. The van der Waals surface area contributed by atoms with Crippen LogP contribution in [0.4, 0.5) is 13.2 Å². The van der Waals surface area contributed by atoms with Gasteiger partial charge in [-0.3, -0.25) is 9.58 Å². The number of methoxy groups -OCH3 is 1. The SMILES string of the molecule is COC(=O)C(c1cc(F)c(F)c(F)c1)N(C)CCn1cncn1. The normalized spacial score (nSPS) is 12.4. The molecule has 1 heterocycles. The zero-order valence-corrected chi connectivity index (χ0v) is 12.5. The number of esters is 1. The Balaban J connectivity index is 2.24. The Hall–Kier alpha value is -2.42. The topological polar surface area (TPSA) is 60.2 Å². The average Bonchev–Trinajstić information content (AvgIpc) is 3.04. The molecule has 1 atom stereocenters. The quantitative estimate of drug-likeness (QED) is 0.595. The van der Waals surface area contributed by atoms with E-state index in [1.165, 1.54) is 22.2 Å². The fraction of sp³-hybridized carbons (Fsp3) is 0.357. The molecule has 0 amide bonds. The first-order chi connectivity index (χ1) is 10.9. The van der Waals surface area contributed by atoms with Crippen molar-refractivity contribution in [3.8, 4) is 0 Å². The third kappa shape index (κ3) is 3.86. The maximum absolute atomic E-state index is 13.4. The van der Waals surface area contributed by atoms with E-state index in [0.717, 1.165) is 19.2 Å². The van der Waals surface area contributed by atoms with Crippen molar-refractivity contribution in [2.75, 3.05) is 20.7 Å². The molecule has 0 N–H and O–H groups in total. The second-order valence-corrected chi connectivity index (χ2v) is 4.86. The summed E-state index contributed by atoms with van der Waals surface area (Å²) in [6.45, 7) is 0.722. The Bertz CT molecular complexity index is 656. The van der Waals surface area contributed by atoms with Crippen molar-refractivity contribution in [2.45, 2.75) is 12.6 Å². The number of halogens is 3. The van der Waals surface area contributed by atoms with E-state index >= 15 is 0 Å². The number of hydrogen-bond acceptors (Lipinski definition) is 5. The smallest absolute Gasteiger partial charge is 0.327 e. The molecule has 1 unspecified atom stereocenters. The molecule has 0 aliphatic carbocycles. The Labute approximate surface area is 130 Å². The molecule has 23 heavy (non-hydrogen) atoms. The fourth-order valence-electron chi connectivity index (χ4n) is 2.15. The van der Waals surface area contributed by atoms with Crippen molar-refractivity contribution in [3.63, 3.8) is 0 Å². The first kappa shape index (κ1) is 16.9. The van der Waals surface area contributed by atoms with Crippen molar-refractivity contribution in [3.05, 3.63) is 47.8 Å². The van der Waals surface area contributed by atoms with Gasteiger partial charge < -0.3 is 4.74 Å². The van der Waals surface area contributed by atoms with Crippen LogP contribution in [0.15, 0.2) is 24.8 Å². The van der Waals surface area contributed by atoms with Gasteiger partial charge in [0.2, 0.25) is 0 Å². The van der Waals surface area contributed by atoms with Gasteiger partial charge in [-0.25, -0.2) is 22.9 Å². The molecule has 0 bridgehead atoms. The van der Waals surface area contributed by atoms with Gasteiger partial charge in [0, 0.05) is 6.54 Å². The van der Waals surface area contributed by atoms with Gasteiger partial charge in [0.15, 0.2) is 17.5 Å². The number of carbonyl (C=O) groups excluding carboxylic acids is 1. The predicted octanol–water partition coefficient (Wildman–Crippen LogP) is 1.54. The monoisotopic (exact) mass is 328 g/mol. The van der Waals surface area contributed by atoms with Crippen molar-refractivity contribution < 1.29 is 22.7 Å². The highest BCUT2D eigenvalue weighted by Gasteiger charge is 2.28. The van der Waals surface area contributed by atoms with E-state index in [1.54, 1.807) is 7.05 Å². The van der Waals surface area contributed by atoms with Gasteiger partial charge in [0.05, 0.1) is 13.7 Å². The van der Waals surface area contributed by atoms with Gasteiger partial charge in [0.25, 0.3) is 0 Å². The number of ether oxygens (including phenoxy) is 1. The molecule has 0 saturated heterocycles. The largest absolute Gasteiger partial charge is 0.468 e. The lowest BCUT2D eigenvalue weighted by atomic mass is 10.0. The maximum Gasteiger partial charge on any atom is 0.327 e. The minimum Gasteiger partial charge on any atom is -0.468 e. The molecule has 6 nitrogen and oxygen atoms in total. The summed E-state index contributed by atoms with van der Waals surface area (Å²) in [6.07, 6.45) is 2.86. The molecule has 0 fully saturated rings. The number of nitrogens with zero attached hydrogens (tertiary/aromatic N) is 4. The van der Waals surface area contributed by atoms with Crippen LogP contribution < -0.4 is 0 Å². The highest BCUT2D eigenvalue weighted by atomic mass is 19.2. The number of rotatable bonds is 6. The molecule has 9 heteroatoms. The third-order valence-corrected chi connectivity index (χ3v) is 3.34. The van der Waals surface area contributed by atoms with Gasteiger partial charge in [-0.1, -0.05) is 0 Å². The van der Waals surface area contributed by atoms with E-state index in [2.05, 4.69) is 14.8 Å². The molecule has 0 spiro atoms. The molecule has 0 aliphatic rings. The second kappa shape index (κ2) is 7.23. The maximum atomic E-state index is 13.4. The van der Waals surface area contributed by atoms with Crippen LogP contribution in [0, 0.1) is 17.5 Å². The van der Waals surface area contributed by atoms with Crippen molar-refractivity contribution >= 4 is 5.97 Å². The first-order valence-corrected chi connectivity index (χ1v) is 6.69. The minimum absolute atomic E-state index is 0.0330. The molecular weight excluding hydrogens is 313 g/mol. The molecule has 0 aliphatic heterocycles. The van der Waals surface area contributed by atoms with Crippen LogP contribution >= 0.6 is 0 Å². The Morgan fingerprint density at radius 2 is 2.00 bits per heavy atom. The Kier molecular flexibility index (Phi) is 5.32. The molecule has 1 aromatic heterocycles. The summed E-state index contributed by atoms with van der Waals surface area (Å²) in [5.41, 5.74) is -0.0330. The van der Waals surface area contributed by atoms with Gasteiger partial charge in [-0.2, -0.15) is 5.10 Å². The van der Waals surface area contributed by atoms with Gasteiger partial charge in [0.1, 0.15) is 18.7 Å². The highest BCUT2D eigenvalue weighted by Crippen LogP contribution is 2.24. The summed E-state index contributed by atoms with van der Waals surface area (Å²) in [7, 11) is 2.74. The summed E-state index contributed by atoms with van der Waals surface area (Å²) in [5, 5.41) is 3.92. The lowest BCUT2D eigenvalue weighted by molar-refractivity contribution is -0.146. The zero-order valence-electron chi connectivity index (χ0n) is 12.5. The third-order valence-electron chi connectivity index (χ3n) is 3.34. The standard InChI is InChI=1S/C14H15F3N4O2/c1-20(3-4-21-8-18-7-19-21)13(14(22)23-2)9-5-10(15)12(17)11(16)6-9/h5-8,13H,3-4H2,1-2H3. The number of hydrogen-bond donors (Lipinski definition) is 0. The summed E-state index contributed by atoms with van der Waals surface area (Å²) in [6, 6.07) is 0.492. The van der Waals surface area contributed by atoms with Gasteiger partial charge in [-0.15, -0.1) is 0 Å². The van der Waals surface area contributed by atoms with Crippen LogP contribution in [-0.2, 0) is 16.1 Å². The highest BCUT2D eigenvalue weighted by molar-refractivity contribution is 5.77. The van der Waals surface area contributed by atoms with Crippen molar-refractivity contribution in [1.82, 2.24) is 19.7 Å². The molecule has 124 valence electrons. The van der Waals surface area contributed by atoms with E-state index in [-0.39, 0.29) is 5.56 Å². The van der Waals surface area contributed by atoms with Crippen molar-refractivity contribution in [1.29, 1.82) is 0 Å². The zero-order chi connectivity index (χ0) is 17.0. The summed E-state index contributed by atoms with van der Waals surface area (Å²) in [5.74, 6) is -5.02. The summed E-state index contributed by atoms with van der Waals surface area (Å²) in [4.78, 5) is 17.3. The molecule has 2 aromatic rings. The van der Waals surface area contributed by atoms with Gasteiger partial charge >= 0.3 is 5.97 Å². The van der Waals surface area contributed by atoms with Crippen molar-refractivity contribution in [2.24, 2.45) is 0 Å². The molecular formula is C14H15F3N4O2. The van der Waals surface area contributed by atoms with Crippen LogP contribution in [-0.4, -0.2) is 46.3 Å². The Morgan fingerprint density at radius 1 is 1.35 bits per heavy atom. The lowest BCUT2D eigenvalue weighted by Crippen LogP contribution is -2.34. The molecule has 0 radical (unpaired) electrons. The lowest BCUT2D eigenvalue weighted by Gasteiger charge is -2.26. The summed E-state index contributed by atoms with van der Waals surface area (Å²) < 4.78 is 46.2. The molecule has 2 rings (SSSR count). The summed E-state index contributed by atoms with van der Waals surface area (Å²) >= 11 is 0. The van der Waals surface area contributed by atoms with Crippen LogP contribution in [0.5, 0.6) is 0 Å². The van der Waals surface area contributed by atoms with Crippen LogP contribution in [0.25, 0.3) is 0 Å². The van der Waals surface area contributed by atoms with Crippen LogP contribution in [0.2, 0.25) is 0 Å². The molecule has 1 aromatic carbocycles.